The number of H-pyrrole nitrogens is 1. The van der Waals surface area contributed by atoms with Crippen molar-refractivity contribution >= 4 is 23.4 Å². The van der Waals surface area contributed by atoms with Crippen LogP contribution in [0.15, 0.2) is 35.5 Å². The molecular formula is C12H11N5OS. The first-order valence-corrected chi connectivity index (χ1v) is 6.51. The second-order valence-electron chi connectivity index (χ2n) is 3.68. The molecule has 1 aromatic carbocycles. The first-order valence-electron chi connectivity index (χ1n) is 5.52. The number of carbonyl (C=O) groups is 1. The Bertz CT molecular complexity index is 573. The van der Waals surface area contributed by atoms with Crippen molar-refractivity contribution in [2.24, 2.45) is 0 Å². The van der Waals surface area contributed by atoms with E-state index in [0.29, 0.717) is 17.1 Å². The number of aromatic nitrogens is 3. The van der Waals surface area contributed by atoms with Crippen LogP contribution in [0.2, 0.25) is 0 Å². The van der Waals surface area contributed by atoms with E-state index in [4.69, 9.17) is 5.26 Å². The highest BCUT2D eigenvalue weighted by atomic mass is 32.2. The number of benzene rings is 1. The third-order valence-corrected chi connectivity index (χ3v) is 3.16. The molecule has 96 valence electrons. The number of anilines is 1. The van der Waals surface area contributed by atoms with Crippen LogP contribution in [0.25, 0.3) is 0 Å². The molecule has 7 heteroatoms. The number of hydrogen-bond acceptors (Lipinski definition) is 5. The molecule has 6 nitrogen and oxygen atoms in total. The van der Waals surface area contributed by atoms with E-state index in [1.54, 1.807) is 18.3 Å². The molecule has 0 radical (unpaired) electrons. The van der Waals surface area contributed by atoms with Gasteiger partial charge in [0.1, 0.15) is 5.03 Å². The molecule has 0 saturated heterocycles. The lowest BCUT2D eigenvalue weighted by atomic mass is 10.1. The largest absolute Gasteiger partial charge is 0.325 e. The van der Waals surface area contributed by atoms with Crippen molar-refractivity contribution in [1.29, 1.82) is 5.26 Å². The average molecular weight is 273 g/mol. The van der Waals surface area contributed by atoms with Crippen molar-refractivity contribution in [2.75, 3.05) is 11.1 Å². The van der Waals surface area contributed by atoms with Crippen molar-refractivity contribution in [2.45, 2.75) is 11.4 Å². The van der Waals surface area contributed by atoms with E-state index < -0.39 is 0 Å². The molecule has 0 aliphatic carbocycles. The van der Waals surface area contributed by atoms with Gasteiger partial charge in [-0.25, -0.2) is 0 Å². The Hall–Kier alpha value is -2.33. The first-order chi connectivity index (χ1) is 9.28. The predicted octanol–water partition coefficient (Wildman–Crippen LogP) is 1.60. The third-order valence-electron chi connectivity index (χ3n) is 2.26. The lowest BCUT2D eigenvalue weighted by Crippen LogP contribution is -2.13. The van der Waals surface area contributed by atoms with Gasteiger partial charge >= 0.3 is 0 Å². The summed E-state index contributed by atoms with van der Waals surface area (Å²) in [6.07, 6.45) is 1.94. The third kappa shape index (κ3) is 4.12. The minimum absolute atomic E-state index is 0.110. The van der Waals surface area contributed by atoms with Crippen molar-refractivity contribution in [1.82, 2.24) is 15.4 Å². The molecule has 2 N–H and O–H groups in total. The van der Waals surface area contributed by atoms with Crippen LogP contribution < -0.4 is 5.32 Å². The number of thioether (sulfide) groups is 1. The second kappa shape index (κ2) is 6.56. The van der Waals surface area contributed by atoms with Gasteiger partial charge < -0.3 is 5.32 Å². The van der Waals surface area contributed by atoms with Crippen molar-refractivity contribution in [3.05, 3.63) is 36.0 Å². The molecule has 0 fully saturated rings. The maximum Gasteiger partial charge on any atom is 0.234 e. The second-order valence-corrected chi connectivity index (χ2v) is 4.67. The fourth-order valence-electron chi connectivity index (χ4n) is 1.39. The van der Waals surface area contributed by atoms with Crippen LogP contribution in [-0.2, 0) is 11.2 Å². The number of carbonyl (C=O) groups excluding carboxylic acids is 1. The summed E-state index contributed by atoms with van der Waals surface area (Å²) < 4.78 is 0. The Morgan fingerprint density at radius 1 is 1.42 bits per heavy atom. The van der Waals surface area contributed by atoms with Crippen LogP contribution in [0.5, 0.6) is 0 Å². The van der Waals surface area contributed by atoms with Crippen LogP contribution >= 0.6 is 11.8 Å². The Balaban J connectivity index is 1.83. The number of amides is 1. The number of nitrogens with one attached hydrogen (secondary N) is 2. The standard InChI is InChI=1S/C12H11N5OS/c13-6-5-9-1-3-10(4-2-9)15-11(18)8-19-12-7-14-17-16-12/h1-4,7H,5,8H2,(H,15,18)(H,14,16,17). The van der Waals surface area contributed by atoms with Gasteiger partial charge in [-0.2, -0.15) is 15.6 Å². The van der Waals surface area contributed by atoms with Gasteiger partial charge in [0.2, 0.25) is 5.91 Å². The Kier molecular flexibility index (Phi) is 4.53. The molecule has 0 unspecified atom stereocenters. The first kappa shape index (κ1) is 13.1. The quantitative estimate of drug-likeness (QED) is 0.807. The molecule has 0 spiro atoms. The summed E-state index contributed by atoms with van der Waals surface area (Å²) in [7, 11) is 0. The van der Waals surface area contributed by atoms with E-state index in [2.05, 4.69) is 26.8 Å². The summed E-state index contributed by atoms with van der Waals surface area (Å²) in [6, 6.07) is 9.29. The van der Waals surface area contributed by atoms with E-state index >= 15 is 0 Å². The monoisotopic (exact) mass is 273 g/mol. The fraction of sp³-hybridized carbons (Fsp3) is 0.167. The summed E-state index contributed by atoms with van der Waals surface area (Å²) in [5.41, 5.74) is 1.64. The van der Waals surface area contributed by atoms with Crippen LogP contribution in [0.3, 0.4) is 0 Å². The maximum atomic E-state index is 11.7. The van der Waals surface area contributed by atoms with E-state index in [-0.39, 0.29) is 11.7 Å². The molecule has 1 aromatic heterocycles. The van der Waals surface area contributed by atoms with Crippen LogP contribution in [0.1, 0.15) is 5.56 Å². The highest BCUT2D eigenvalue weighted by Gasteiger charge is 2.05. The van der Waals surface area contributed by atoms with Gasteiger partial charge in [-0.1, -0.05) is 23.9 Å². The molecule has 1 heterocycles. The summed E-state index contributed by atoms with van der Waals surface area (Å²) in [5.74, 6) is 0.160. The highest BCUT2D eigenvalue weighted by molar-refractivity contribution is 7.99. The molecule has 0 bridgehead atoms. The average Bonchev–Trinajstić information content (AvgIpc) is 2.92. The van der Waals surface area contributed by atoms with Gasteiger partial charge in [0.25, 0.3) is 0 Å². The minimum Gasteiger partial charge on any atom is -0.325 e. The van der Waals surface area contributed by atoms with Gasteiger partial charge in [0.15, 0.2) is 0 Å². The zero-order valence-electron chi connectivity index (χ0n) is 9.96. The molecule has 2 aromatic rings. The predicted molar refractivity (Wildman–Crippen MR) is 71.5 cm³/mol. The summed E-state index contributed by atoms with van der Waals surface area (Å²) in [5, 5.41) is 22.0. The van der Waals surface area contributed by atoms with Crippen molar-refractivity contribution in [3.63, 3.8) is 0 Å². The van der Waals surface area contributed by atoms with Gasteiger partial charge in [-0.3, -0.25) is 4.79 Å². The number of aromatic amines is 1. The van der Waals surface area contributed by atoms with E-state index in [1.165, 1.54) is 11.8 Å². The zero-order valence-corrected chi connectivity index (χ0v) is 10.8. The molecule has 1 amide bonds. The molecule has 0 aliphatic heterocycles. The smallest absolute Gasteiger partial charge is 0.234 e. The van der Waals surface area contributed by atoms with Crippen LogP contribution in [-0.4, -0.2) is 27.1 Å². The minimum atomic E-state index is -0.110. The van der Waals surface area contributed by atoms with E-state index in [1.807, 2.05) is 12.1 Å². The lowest BCUT2D eigenvalue weighted by molar-refractivity contribution is -0.113. The Morgan fingerprint density at radius 2 is 2.21 bits per heavy atom. The van der Waals surface area contributed by atoms with E-state index in [9.17, 15) is 4.79 Å². The lowest BCUT2D eigenvalue weighted by Gasteiger charge is -2.04. The number of rotatable bonds is 5. The van der Waals surface area contributed by atoms with Gasteiger partial charge in [-0.05, 0) is 17.7 Å². The molecule has 2 rings (SSSR count). The maximum absolute atomic E-state index is 11.7. The highest BCUT2D eigenvalue weighted by Crippen LogP contribution is 2.14. The summed E-state index contributed by atoms with van der Waals surface area (Å²) in [6.45, 7) is 0. The van der Waals surface area contributed by atoms with Crippen molar-refractivity contribution in [3.8, 4) is 6.07 Å². The number of nitriles is 1. The Labute approximate surface area is 114 Å². The van der Waals surface area contributed by atoms with E-state index in [0.717, 1.165) is 5.56 Å². The molecule has 0 saturated carbocycles. The van der Waals surface area contributed by atoms with Gasteiger partial charge in [-0.15, -0.1) is 5.10 Å². The summed E-state index contributed by atoms with van der Waals surface area (Å²) >= 11 is 1.31. The fourth-order valence-corrected chi connectivity index (χ4v) is 1.98. The topological polar surface area (TPSA) is 94.5 Å². The molecular weight excluding hydrogens is 262 g/mol. The Morgan fingerprint density at radius 3 is 2.84 bits per heavy atom. The summed E-state index contributed by atoms with van der Waals surface area (Å²) in [4.78, 5) is 11.7. The SMILES string of the molecule is N#CCc1ccc(NC(=O)CSc2cn[nH]n2)cc1. The van der Waals surface area contributed by atoms with Crippen LogP contribution in [0, 0.1) is 11.3 Å². The number of nitrogens with zero attached hydrogens (tertiary/aromatic N) is 3. The van der Waals surface area contributed by atoms with Crippen LogP contribution in [0.4, 0.5) is 5.69 Å². The molecule has 19 heavy (non-hydrogen) atoms. The van der Waals surface area contributed by atoms with Gasteiger partial charge in [0, 0.05) is 5.69 Å². The van der Waals surface area contributed by atoms with Gasteiger partial charge in [0.05, 0.1) is 24.4 Å². The zero-order chi connectivity index (χ0) is 13.5. The normalized spacial score (nSPS) is 9.84. The van der Waals surface area contributed by atoms with Crippen molar-refractivity contribution < 1.29 is 4.79 Å². The molecule has 0 aliphatic rings. The molecule has 0 atom stereocenters. The number of hydrogen-bond donors (Lipinski definition) is 2.